The Balaban J connectivity index is 1.43. The summed E-state index contributed by atoms with van der Waals surface area (Å²) in [7, 11) is 0. The number of hydrogen-bond acceptors (Lipinski definition) is 6. The molecular weight excluding hydrogens is 377 g/mol. The number of aryl methyl sites for hydroxylation is 2. The number of hydrogen-bond donors (Lipinski definition) is 0. The topological polar surface area (TPSA) is 89.7 Å². The number of nitrogens with zero attached hydrogens (tertiary/aromatic N) is 5. The molecule has 2 aromatic heterocycles. The number of carbonyl (C=O) groups excluding carboxylic acids is 2. The molecule has 1 saturated carbocycles. The van der Waals surface area contributed by atoms with Crippen LogP contribution in [0.2, 0.25) is 0 Å². The summed E-state index contributed by atoms with van der Waals surface area (Å²) in [6.07, 6.45) is 1.71. The maximum Gasteiger partial charge on any atom is 0.378 e. The van der Waals surface area contributed by atoms with Crippen LogP contribution >= 0.6 is 0 Å². The Bertz CT molecular complexity index is 1090. The zero-order chi connectivity index (χ0) is 20.5. The van der Waals surface area contributed by atoms with E-state index in [1.165, 1.54) is 10.6 Å². The second-order valence-electron chi connectivity index (χ2n) is 7.11. The van der Waals surface area contributed by atoms with Crippen LogP contribution in [0.4, 0.5) is 4.39 Å². The third kappa shape index (κ3) is 4.08. The van der Waals surface area contributed by atoms with Gasteiger partial charge in [-0.05, 0) is 38.8 Å². The van der Waals surface area contributed by atoms with Gasteiger partial charge in [0.05, 0.1) is 0 Å². The standard InChI is InChI=1S/C20H20FN5O3/c1-12-9-13(2)26-20(22-12)23-18(24-26)19(28)29-11-17(27)25(15-7-8-15)10-14-5-3-4-6-16(14)21/h3-6,9,15H,7-8,10-11H2,1-2H3. The minimum atomic E-state index is -0.803. The zero-order valence-electron chi connectivity index (χ0n) is 16.1. The summed E-state index contributed by atoms with van der Waals surface area (Å²) in [5.74, 6) is -1.42. The van der Waals surface area contributed by atoms with Gasteiger partial charge in [-0.3, -0.25) is 4.79 Å². The van der Waals surface area contributed by atoms with Crippen molar-refractivity contribution in [1.82, 2.24) is 24.5 Å². The van der Waals surface area contributed by atoms with Gasteiger partial charge in [0.1, 0.15) is 5.82 Å². The molecule has 1 aromatic carbocycles. The number of ether oxygens (including phenoxy) is 1. The molecule has 0 atom stereocenters. The van der Waals surface area contributed by atoms with E-state index in [9.17, 15) is 14.0 Å². The van der Waals surface area contributed by atoms with Crippen molar-refractivity contribution in [2.75, 3.05) is 6.61 Å². The smallest absolute Gasteiger partial charge is 0.378 e. The minimum absolute atomic E-state index is 0.0453. The second-order valence-corrected chi connectivity index (χ2v) is 7.11. The Morgan fingerprint density at radius 3 is 2.72 bits per heavy atom. The molecule has 0 unspecified atom stereocenters. The van der Waals surface area contributed by atoms with Crippen LogP contribution in [0.3, 0.4) is 0 Å². The number of carbonyl (C=O) groups is 2. The molecule has 9 heteroatoms. The van der Waals surface area contributed by atoms with E-state index < -0.39 is 12.6 Å². The molecule has 1 aliphatic carbocycles. The molecule has 1 fully saturated rings. The van der Waals surface area contributed by atoms with Gasteiger partial charge >= 0.3 is 5.97 Å². The number of amides is 1. The molecule has 0 N–H and O–H groups in total. The van der Waals surface area contributed by atoms with Crippen LogP contribution in [-0.4, -0.2) is 49.0 Å². The van der Waals surface area contributed by atoms with Gasteiger partial charge in [-0.15, -0.1) is 5.10 Å². The van der Waals surface area contributed by atoms with Gasteiger partial charge < -0.3 is 9.64 Å². The van der Waals surface area contributed by atoms with Gasteiger partial charge in [0, 0.05) is 29.5 Å². The predicted molar refractivity (Wildman–Crippen MR) is 101 cm³/mol. The summed E-state index contributed by atoms with van der Waals surface area (Å²) in [4.78, 5) is 34.8. The molecule has 3 aromatic rings. The van der Waals surface area contributed by atoms with Crippen LogP contribution in [0.5, 0.6) is 0 Å². The highest BCUT2D eigenvalue weighted by Gasteiger charge is 2.33. The molecule has 8 nitrogen and oxygen atoms in total. The zero-order valence-corrected chi connectivity index (χ0v) is 16.1. The fraction of sp³-hybridized carbons (Fsp3) is 0.350. The second kappa shape index (κ2) is 7.57. The lowest BCUT2D eigenvalue weighted by Crippen LogP contribution is -2.36. The first-order chi connectivity index (χ1) is 13.9. The lowest BCUT2D eigenvalue weighted by Gasteiger charge is -2.22. The van der Waals surface area contributed by atoms with E-state index in [1.807, 2.05) is 19.9 Å². The summed E-state index contributed by atoms with van der Waals surface area (Å²) in [6.45, 7) is 3.33. The van der Waals surface area contributed by atoms with Crippen molar-refractivity contribution >= 4 is 17.7 Å². The first-order valence-electron chi connectivity index (χ1n) is 9.33. The van der Waals surface area contributed by atoms with Crippen LogP contribution < -0.4 is 0 Å². The molecule has 0 saturated heterocycles. The average Bonchev–Trinajstić information content (AvgIpc) is 3.43. The maximum absolute atomic E-state index is 13.9. The van der Waals surface area contributed by atoms with Crippen molar-refractivity contribution in [2.45, 2.75) is 39.3 Å². The summed E-state index contributed by atoms with van der Waals surface area (Å²) >= 11 is 0. The van der Waals surface area contributed by atoms with Crippen LogP contribution in [0, 0.1) is 19.7 Å². The molecule has 1 amide bonds. The monoisotopic (exact) mass is 397 g/mol. The van der Waals surface area contributed by atoms with Gasteiger partial charge in [-0.1, -0.05) is 18.2 Å². The highest BCUT2D eigenvalue weighted by atomic mass is 19.1. The van der Waals surface area contributed by atoms with Crippen LogP contribution in [-0.2, 0) is 16.1 Å². The SMILES string of the molecule is Cc1cc(C)n2nc(C(=O)OCC(=O)N(Cc3ccccc3F)C3CC3)nc2n1. The maximum atomic E-state index is 13.9. The third-order valence-corrected chi connectivity index (χ3v) is 4.73. The molecule has 150 valence electrons. The summed E-state index contributed by atoms with van der Waals surface area (Å²) in [5, 5.41) is 4.10. The van der Waals surface area contributed by atoms with E-state index in [0.29, 0.717) is 11.3 Å². The molecule has 1 aliphatic rings. The van der Waals surface area contributed by atoms with Crippen molar-refractivity contribution in [3.8, 4) is 0 Å². The van der Waals surface area contributed by atoms with Crippen molar-refractivity contribution in [3.63, 3.8) is 0 Å². The van der Waals surface area contributed by atoms with Gasteiger partial charge in [-0.25, -0.2) is 18.7 Å². The van der Waals surface area contributed by atoms with E-state index in [2.05, 4.69) is 15.1 Å². The molecule has 2 heterocycles. The van der Waals surface area contributed by atoms with Gasteiger partial charge in [0.2, 0.25) is 0 Å². The molecule has 29 heavy (non-hydrogen) atoms. The Kier molecular flexibility index (Phi) is 4.96. The molecule has 0 radical (unpaired) electrons. The van der Waals surface area contributed by atoms with E-state index >= 15 is 0 Å². The molecule has 0 spiro atoms. The van der Waals surface area contributed by atoms with Gasteiger partial charge in [-0.2, -0.15) is 4.98 Å². The van der Waals surface area contributed by atoms with E-state index in [4.69, 9.17) is 4.74 Å². The number of halogens is 1. The number of rotatable bonds is 6. The lowest BCUT2D eigenvalue weighted by molar-refractivity contribution is -0.135. The van der Waals surface area contributed by atoms with E-state index in [-0.39, 0.29) is 30.1 Å². The first kappa shape index (κ1) is 19.0. The van der Waals surface area contributed by atoms with E-state index in [0.717, 1.165) is 24.2 Å². The van der Waals surface area contributed by atoms with E-state index in [1.54, 1.807) is 23.1 Å². The summed E-state index contributed by atoms with van der Waals surface area (Å²) < 4.78 is 20.5. The van der Waals surface area contributed by atoms with Crippen molar-refractivity contribution in [1.29, 1.82) is 0 Å². The lowest BCUT2D eigenvalue weighted by atomic mass is 10.2. The quantitative estimate of drug-likeness (QED) is 0.593. The van der Waals surface area contributed by atoms with Crippen LogP contribution in [0.15, 0.2) is 30.3 Å². The normalized spacial score (nSPS) is 13.5. The molecule has 0 bridgehead atoms. The summed E-state index contributed by atoms with van der Waals surface area (Å²) in [5.41, 5.74) is 1.96. The number of esters is 1. The van der Waals surface area contributed by atoms with Crippen molar-refractivity contribution < 1.29 is 18.7 Å². The summed E-state index contributed by atoms with van der Waals surface area (Å²) in [6, 6.07) is 8.19. The largest absolute Gasteiger partial charge is 0.450 e. The van der Waals surface area contributed by atoms with Crippen molar-refractivity contribution in [2.24, 2.45) is 0 Å². The van der Waals surface area contributed by atoms with Gasteiger partial charge in [0.25, 0.3) is 17.5 Å². The fourth-order valence-electron chi connectivity index (χ4n) is 3.14. The molecule has 4 rings (SSSR count). The predicted octanol–water partition coefficient (Wildman–Crippen LogP) is 2.23. The third-order valence-electron chi connectivity index (χ3n) is 4.73. The highest BCUT2D eigenvalue weighted by molar-refractivity contribution is 5.88. The Morgan fingerprint density at radius 1 is 1.24 bits per heavy atom. The fourth-order valence-corrected chi connectivity index (χ4v) is 3.14. The Morgan fingerprint density at radius 2 is 2.00 bits per heavy atom. The van der Waals surface area contributed by atoms with Crippen LogP contribution in [0.25, 0.3) is 5.78 Å². The van der Waals surface area contributed by atoms with Crippen molar-refractivity contribution in [3.05, 3.63) is 58.9 Å². The minimum Gasteiger partial charge on any atom is -0.450 e. The Labute approximate surface area is 166 Å². The number of fused-ring (bicyclic) bond motifs is 1. The first-order valence-corrected chi connectivity index (χ1v) is 9.33. The number of benzene rings is 1. The molecule has 0 aliphatic heterocycles. The average molecular weight is 397 g/mol. The Hall–Kier alpha value is -3.36. The number of aromatic nitrogens is 4. The highest BCUT2D eigenvalue weighted by Crippen LogP contribution is 2.29. The molecular formula is C20H20FN5O3. The van der Waals surface area contributed by atoms with Crippen LogP contribution in [0.1, 0.15) is 40.4 Å². The van der Waals surface area contributed by atoms with Gasteiger partial charge in [0.15, 0.2) is 6.61 Å².